The number of likely N-dealkylation sites (tertiary alicyclic amines) is 1. The summed E-state index contributed by atoms with van der Waals surface area (Å²) in [6, 6.07) is 28.0. The minimum atomic E-state index is 0.246. The Kier molecular flexibility index (Phi) is 9.58. The number of fused-ring (bicyclic) bond motifs is 2. The molecule has 4 unspecified atom stereocenters. The van der Waals surface area contributed by atoms with Crippen LogP contribution in [0.25, 0.3) is 6.08 Å². The van der Waals surface area contributed by atoms with Crippen LogP contribution in [0.2, 0.25) is 0 Å². The molecule has 1 saturated heterocycles. The lowest BCUT2D eigenvalue weighted by atomic mass is 9.68. The predicted molar refractivity (Wildman–Crippen MR) is 162 cm³/mol. The summed E-state index contributed by atoms with van der Waals surface area (Å²) in [5.74, 6) is 1.29. The van der Waals surface area contributed by atoms with Gasteiger partial charge >= 0.3 is 0 Å². The van der Waals surface area contributed by atoms with Crippen molar-refractivity contribution in [3.05, 3.63) is 107 Å². The molecular formula is C35H44N2O. The predicted octanol–water partition coefficient (Wildman–Crippen LogP) is 8.20. The molecule has 2 aliphatic carbocycles. The Morgan fingerprint density at radius 1 is 0.921 bits per heavy atom. The summed E-state index contributed by atoms with van der Waals surface area (Å²) in [5, 5.41) is 3.03. The number of carbonyl (C=O) groups is 1. The van der Waals surface area contributed by atoms with Crippen LogP contribution in [-0.2, 0) is 5.41 Å². The zero-order valence-electron chi connectivity index (χ0n) is 23.6. The fourth-order valence-electron chi connectivity index (χ4n) is 6.60. The van der Waals surface area contributed by atoms with Crippen LogP contribution in [0.4, 0.5) is 5.69 Å². The summed E-state index contributed by atoms with van der Waals surface area (Å²) in [5.41, 5.74) is 6.55. The fourth-order valence-corrected chi connectivity index (χ4v) is 6.60. The van der Waals surface area contributed by atoms with Gasteiger partial charge in [0.1, 0.15) is 6.29 Å². The quantitative estimate of drug-likeness (QED) is 0.361. The molecule has 1 heterocycles. The molecule has 1 saturated carbocycles. The van der Waals surface area contributed by atoms with Gasteiger partial charge in [0.05, 0.1) is 0 Å². The molecule has 0 bridgehead atoms. The van der Waals surface area contributed by atoms with Gasteiger partial charge in [-0.3, -0.25) is 4.79 Å². The van der Waals surface area contributed by atoms with E-state index in [1.807, 2.05) is 63.4 Å². The largest absolute Gasteiger partial charge is 0.388 e. The first-order chi connectivity index (χ1) is 18.6. The summed E-state index contributed by atoms with van der Waals surface area (Å²) >= 11 is 0. The number of nitrogens with one attached hydrogen (secondary N) is 1. The van der Waals surface area contributed by atoms with Gasteiger partial charge in [0, 0.05) is 36.3 Å². The Morgan fingerprint density at radius 2 is 1.63 bits per heavy atom. The summed E-state index contributed by atoms with van der Waals surface area (Å²) < 4.78 is 0. The number of hydrogen-bond acceptors (Lipinski definition) is 3. The highest BCUT2D eigenvalue weighted by atomic mass is 16.1. The first-order valence-electron chi connectivity index (χ1n) is 14.4. The average Bonchev–Trinajstić information content (AvgIpc) is 3.63. The Hall–Kier alpha value is -3.17. The highest BCUT2D eigenvalue weighted by Crippen LogP contribution is 2.48. The lowest BCUT2D eigenvalue weighted by Gasteiger charge is -2.46. The molecule has 3 aliphatic rings. The molecule has 1 aliphatic heterocycles. The zero-order valence-corrected chi connectivity index (χ0v) is 23.6. The van der Waals surface area contributed by atoms with Crippen molar-refractivity contribution in [1.82, 2.24) is 4.90 Å². The molecule has 3 nitrogen and oxygen atoms in total. The van der Waals surface area contributed by atoms with Gasteiger partial charge in [-0.1, -0.05) is 99.7 Å². The molecule has 1 N–H and O–H groups in total. The third-order valence-corrected chi connectivity index (χ3v) is 8.75. The number of nitrogens with zero attached hydrogens (tertiary/aromatic N) is 1. The van der Waals surface area contributed by atoms with Crippen molar-refractivity contribution < 1.29 is 4.79 Å². The van der Waals surface area contributed by atoms with E-state index in [1.165, 1.54) is 49.9 Å². The van der Waals surface area contributed by atoms with E-state index in [-0.39, 0.29) is 5.41 Å². The lowest BCUT2D eigenvalue weighted by molar-refractivity contribution is 0.0898. The normalized spacial score (nSPS) is 25.5. The highest BCUT2D eigenvalue weighted by Gasteiger charge is 2.45. The van der Waals surface area contributed by atoms with E-state index in [1.54, 1.807) is 5.56 Å². The number of rotatable bonds is 4. The van der Waals surface area contributed by atoms with Crippen LogP contribution in [0.15, 0.2) is 84.9 Å². The Bertz CT molecular complexity index is 1190. The van der Waals surface area contributed by atoms with Crippen molar-refractivity contribution in [2.45, 2.75) is 63.8 Å². The van der Waals surface area contributed by atoms with Crippen LogP contribution in [0.3, 0.4) is 0 Å². The van der Waals surface area contributed by atoms with Crippen LogP contribution in [0.5, 0.6) is 0 Å². The third-order valence-electron chi connectivity index (χ3n) is 8.75. The molecule has 38 heavy (non-hydrogen) atoms. The van der Waals surface area contributed by atoms with Crippen molar-refractivity contribution in [1.29, 1.82) is 0 Å². The topological polar surface area (TPSA) is 32.3 Å². The van der Waals surface area contributed by atoms with Gasteiger partial charge in [-0.15, -0.1) is 0 Å². The van der Waals surface area contributed by atoms with Crippen LogP contribution < -0.4 is 5.32 Å². The smallest absolute Gasteiger partial charge is 0.150 e. The second-order valence-corrected chi connectivity index (χ2v) is 10.7. The molecule has 0 amide bonds. The molecule has 2 fully saturated rings. The Labute approximate surface area is 230 Å². The number of benzene rings is 3. The van der Waals surface area contributed by atoms with E-state index in [0.717, 1.165) is 17.5 Å². The fraction of sp³-hybridized carbons (Fsp3) is 0.400. The second-order valence-electron chi connectivity index (χ2n) is 10.7. The maximum Gasteiger partial charge on any atom is 0.150 e. The standard InChI is InChI=1S/C26H29NO.C7H9N.C2H6/c1-19-17-27(15-14-26(19)13-12-22-4-2-3-5-25(22)26)24-11-10-23(16-24)21-8-6-20(18-28)7-9-21;1-8-7-5-3-2-4-6-7;1-2/h2-9,12-13,18-19,23-24H,10-11,14-17H2,1H3;2-6,8H,1H3;1-2H3. The number of anilines is 1. The lowest BCUT2D eigenvalue weighted by Crippen LogP contribution is -2.50. The van der Waals surface area contributed by atoms with E-state index in [9.17, 15) is 4.79 Å². The molecule has 1 spiro atoms. The first kappa shape index (κ1) is 27.9. The molecule has 3 heteroatoms. The number of carbonyl (C=O) groups excluding carboxylic acids is 1. The van der Waals surface area contributed by atoms with Crippen LogP contribution >= 0.6 is 0 Å². The maximum atomic E-state index is 10.9. The van der Waals surface area contributed by atoms with Gasteiger partial charge in [0.15, 0.2) is 0 Å². The van der Waals surface area contributed by atoms with E-state index in [0.29, 0.717) is 17.9 Å². The zero-order chi connectivity index (χ0) is 27.0. The van der Waals surface area contributed by atoms with Gasteiger partial charge < -0.3 is 10.2 Å². The molecule has 3 aromatic rings. The van der Waals surface area contributed by atoms with E-state index in [4.69, 9.17) is 0 Å². The average molecular weight is 509 g/mol. The molecule has 200 valence electrons. The maximum absolute atomic E-state index is 10.9. The number of para-hydroxylation sites is 1. The van der Waals surface area contributed by atoms with Gasteiger partial charge in [-0.25, -0.2) is 0 Å². The van der Waals surface area contributed by atoms with E-state index in [2.05, 4.69) is 65.7 Å². The minimum Gasteiger partial charge on any atom is -0.388 e. The number of aldehydes is 1. The van der Waals surface area contributed by atoms with Gasteiger partial charge in [0.25, 0.3) is 0 Å². The van der Waals surface area contributed by atoms with E-state index < -0.39 is 0 Å². The molecule has 3 aromatic carbocycles. The summed E-state index contributed by atoms with van der Waals surface area (Å²) in [4.78, 5) is 13.7. The van der Waals surface area contributed by atoms with Crippen molar-refractivity contribution in [2.75, 3.05) is 25.5 Å². The third kappa shape index (κ3) is 5.94. The van der Waals surface area contributed by atoms with Crippen molar-refractivity contribution in [2.24, 2.45) is 5.92 Å². The van der Waals surface area contributed by atoms with Crippen LogP contribution in [0.1, 0.15) is 79.4 Å². The number of piperidine rings is 1. The van der Waals surface area contributed by atoms with Gasteiger partial charge in [-0.05, 0) is 72.9 Å². The second kappa shape index (κ2) is 13.1. The van der Waals surface area contributed by atoms with Crippen molar-refractivity contribution in [3.8, 4) is 0 Å². The molecule has 0 aromatic heterocycles. The highest BCUT2D eigenvalue weighted by molar-refractivity contribution is 5.74. The summed E-state index contributed by atoms with van der Waals surface area (Å²) in [6.45, 7) is 8.84. The Morgan fingerprint density at radius 3 is 2.29 bits per heavy atom. The molecular weight excluding hydrogens is 464 g/mol. The molecule has 4 atom stereocenters. The monoisotopic (exact) mass is 508 g/mol. The Balaban J connectivity index is 0.000000287. The molecule has 6 rings (SSSR count). The van der Waals surface area contributed by atoms with Crippen LogP contribution in [-0.4, -0.2) is 37.4 Å². The van der Waals surface area contributed by atoms with Crippen molar-refractivity contribution in [3.63, 3.8) is 0 Å². The summed E-state index contributed by atoms with van der Waals surface area (Å²) in [7, 11) is 1.91. The van der Waals surface area contributed by atoms with Crippen LogP contribution in [0, 0.1) is 5.92 Å². The first-order valence-corrected chi connectivity index (χ1v) is 14.4. The summed E-state index contributed by atoms with van der Waals surface area (Å²) in [6.07, 6.45) is 10.8. The van der Waals surface area contributed by atoms with Gasteiger partial charge in [0.2, 0.25) is 0 Å². The van der Waals surface area contributed by atoms with Crippen molar-refractivity contribution >= 4 is 18.0 Å². The number of allylic oxidation sites excluding steroid dienone is 1. The SMILES string of the molecule is CC.CC1CN(C2CCC(c3ccc(C=O)cc3)C2)CCC12C=Cc1ccccc12.CNc1ccccc1. The van der Waals surface area contributed by atoms with E-state index >= 15 is 0 Å². The molecule has 0 radical (unpaired) electrons. The minimum absolute atomic E-state index is 0.246. The number of hydrogen-bond donors (Lipinski definition) is 1. The van der Waals surface area contributed by atoms with Gasteiger partial charge in [-0.2, -0.15) is 0 Å².